The van der Waals surface area contributed by atoms with Gasteiger partial charge in [0.15, 0.2) is 21.3 Å². The Morgan fingerprint density at radius 1 is 1.47 bits per heavy atom. The Labute approximate surface area is 96.6 Å². The van der Waals surface area contributed by atoms with Crippen LogP contribution in [0.2, 0.25) is 0 Å². The zero-order valence-corrected chi connectivity index (χ0v) is 9.68. The first-order chi connectivity index (χ1) is 7.88. The second kappa shape index (κ2) is 3.81. The van der Waals surface area contributed by atoms with Crippen LogP contribution < -0.4 is 0 Å². The summed E-state index contributed by atoms with van der Waals surface area (Å²) < 4.78 is 23.7. The van der Waals surface area contributed by atoms with E-state index in [2.05, 4.69) is 10.2 Å². The summed E-state index contributed by atoms with van der Waals surface area (Å²) in [5, 5.41) is 16.3. The van der Waals surface area contributed by atoms with Gasteiger partial charge in [0.1, 0.15) is 11.3 Å². The minimum atomic E-state index is -3.24. The van der Waals surface area contributed by atoms with Gasteiger partial charge in [0, 0.05) is 12.5 Å². The van der Waals surface area contributed by atoms with E-state index in [4.69, 9.17) is 5.11 Å². The molecule has 7 nitrogen and oxygen atoms in total. The summed E-state index contributed by atoms with van der Waals surface area (Å²) in [6, 6.07) is 2.89. The average molecular weight is 255 g/mol. The molecule has 0 fully saturated rings. The van der Waals surface area contributed by atoms with Crippen LogP contribution >= 0.6 is 0 Å². The molecule has 1 N–H and O–H groups in total. The third-order valence-corrected chi connectivity index (χ3v) is 2.91. The Balaban J connectivity index is 2.63. The molecule has 8 heteroatoms. The van der Waals surface area contributed by atoms with Crippen molar-refractivity contribution >= 4 is 21.5 Å². The number of hydrogen-bond donors (Lipinski definition) is 1. The first kappa shape index (κ1) is 11.5. The lowest BCUT2D eigenvalue weighted by atomic mass is 10.3. The average Bonchev–Trinajstić information content (AvgIpc) is 2.59. The molecule has 0 aliphatic carbocycles. The highest BCUT2D eigenvalue weighted by atomic mass is 32.2. The number of carboxylic acid groups (broad SMARTS) is 1. The third kappa shape index (κ3) is 2.26. The van der Waals surface area contributed by atoms with Gasteiger partial charge in [-0.1, -0.05) is 0 Å². The number of hydrogen-bond acceptors (Lipinski definition) is 5. The molecule has 0 saturated carbocycles. The molecule has 0 atom stereocenters. The van der Waals surface area contributed by atoms with Crippen molar-refractivity contribution in [2.75, 3.05) is 6.26 Å². The molecule has 0 saturated heterocycles. The SMILES string of the molecule is CS(=O)(=O)Cc1nnc2c(C(=O)O)cccn12. The topological polar surface area (TPSA) is 102 Å². The molecule has 0 bridgehead atoms. The standard InChI is InChI=1S/C9H9N3O4S/c1-17(15,16)5-7-10-11-8-6(9(13)14)3-2-4-12(7)8/h2-4H,5H2,1H3,(H,13,14). The predicted molar refractivity (Wildman–Crippen MR) is 58.5 cm³/mol. The van der Waals surface area contributed by atoms with E-state index < -0.39 is 15.8 Å². The van der Waals surface area contributed by atoms with Crippen LogP contribution in [0.4, 0.5) is 0 Å². The van der Waals surface area contributed by atoms with Gasteiger partial charge in [-0.05, 0) is 12.1 Å². The number of rotatable bonds is 3. The number of aromatic carboxylic acids is 1. The Hall–Kier alpha value is -1.96. The van der Waals surface area contributed by atoms with E-state index in [0.29, 0.717) is 0 Å². The summed E-state index contributed by atoms with van der Waals surface area (Å²) in [7, 11) is -3.24. The van der Waals surface area contributed by atoms with E-state index in [-0.39, 0.29) is 22.8 Å². The Morgan fingerprint density at radius 2 is 2.18 bits per heavy atom. The number of carboxylic acids is 1. The van der Waals surface area contributed by atoms with Gasteiger partial charge in [-0.2, -0.15) is 0 Å². The lowest BCUT2D eigenvalue weighted by Gasteiger charge is -1.99. The molecule has 2 aromatic rings. The molecule has 17 heavy (non-hydrogen) atoms. The van der Waals surface area contributed by atoms with Crippen LogP contribution in [-0.2, 0) is 15.6 Å². The number of carbonyl (C=O) groups is 1. The molecule has 0 unspecified atom stereocenters. The maximum absolute atomic E-state index is 11.2. The van der Waals surface area contributed by atoms with Gasteiger partial charge < -0.3 is 5.11 Å². The Morgan fingerprint density at radius 3 is 2.76 bits per heavy atom. The van der Waals surface area contributed by atoms with Crippen molar-refractivity contribution in [3.05, 3.63) is 29.7 Å². The maximum Gasteiger partial charge on any atom is 0.339 e. The molecule has 90 valence electrons. The van der Waals surface area contributed by atoms with E-state index in [1.54, 1.807) is 0 Å². The zero-order chi connectivity index (χ0) is 12.6. The second-order valence-corrected chi connectivity index (χ2v) is 5.75. The van der Waals surface area contributed by atoms with Gasteiger partial charge in [0.2, 0.25) is 0 Å². The van der Waals surface area contributed by atoms with Crippen molar-refractivity contribution in [3.63, 3.8) is 0 Å². The molecule has 0 amide bonds. The highest BCUT2D eigenvalue weighted by Gasteiger charge is 2.16. The minimum Gasteiger partial charge on any atom is -0.478 e. The molecule has 2 rings (SSSR count). The van der Waals surface area contributed by atoms with Gasteiger partial charge in [-0.15, -0.1) is 10.2 Å². The normalized spacial score (nSPS) is 11.8. The van der Waals surface area contributed by atoms with Crippen molar-refractivity contribution in [1.29, 1.82) is 0 Å². The van der Waals surface area contributed by atoms with E-state index in [0.717, 1.165) is 6.26 Å². The molecule has 0 radical (unpaired) electrons. The number of nitrogens with zero attached hydrogens (tertiary/aromatic N) is 3. The first-order valence-corrected chi connectivity index (χ1v) is 6.68. The Kier molecular flexibility index (Phi) is 2.58. The van der Waals surface area contributed by atoms with Gasteiger partial charge in [-0.3, -0.25) is 4.40 Å². The van der Waals surface area contributed by atoms with Gasteiger partial charge in [0.05, 0.1) is 0 Å². The quantitative estimate of drug-likeness (QED) is 0.826. The summed E-state index contributed by atoms with van der Waals surface area (Å²) in [5.41, 5.74) is 0.124. The van der Waals surface area contributed by atoms with Gasteiger partial charge in [0.25, 0.3) is 0 Å². The summed E-state index contributed by atoms with van der Waals surface area (Å²) >= 11 is 0. The number of fused-ring (bicyclic) bond motifs is 1. The van der Waals surface area contributed by atoms with Crippen molar-refractivity contribution in [2.45, 2.75) is 5.75 Å². The maximum atomic E-state index is 11.2. The number of aromatic nitrogens is 3. The first-order valence-electron chi connectivity index (χ1n) is 4.62. The fraction of sp³-hybridized carbons (Fsp3) is 0.222. The van der Waals surface area contributed by atoms with Crippen LogP contribution in [0.25, 0.3) is 5.65 Å². The van der Waals surface area contributed by atoms with E-state index in [1.165, 1.54) is 22.7 Å². The summed E-state index contributed by atoms with van der Waals surface area (Å²) in [6.07, 6.45) is 2.61. The zero-order valence-electron chi connectivity index (χ0n) is 8.86. The molecule has 0 aromatic carbocycles. The molecular formula is C9H9N3O4S. The van der Waals surface area contributed by atoms with E-state index in [1.807, 2.05) is 0 Å². The third-order valence-electron chi connectivity index (χ3n) is 2.13. The monoisotopic (exact) mass is 255 g/mol. The van der Waals surface area contributed by atoms with Crippen LogP contribution in [0.3, 0.4) is 0 Å². The largest absolute Gasteiger partial charge is 0.478 e. The van der Waals surface area contributed by atoms with E-state index >= 15 is 0 Å². The van der Waals surface area contributed by atoms with Crippen LogP contribution in [0.1, 0.15) is 16.2 Å². The second-order valence-electron chi connectivity index (χ2n) is 3.61. The van der Waals surface area contributed by atoms with Crippen molar-refractivity contribution in [1.82, 2.24) is 14.6 Å². The lowest BCUT2D eigenvalue weighted by molar-refractivity contribution is 0.0698. The summed E-state index contributed by atoms with van der Waals surface area (Å²) in [6.45, 7) is 0. The predicted octanol–water partition coefficient (Wildman–Crippen LogP) is -0.0279. The summed E-state index contributed by atoms with van der Waals surface area (Å²) in [4.78, 5) is 10.9. The van der Waals surface area contributed by atoms with Crippen molar-refractivity contribution in [3.8, 4) is 0 Å². The van der Waals surface area contributed by atoms with Crippen molar-refractivity contribution in [2.24, 2.45) is 0 Å². The number of sulfone groups is 1. The molecule has 0 aliphatic heterocycles. The highest BCUT2D eigenvalue weighted by Crippen LogP contribution is 2.11. The van der Waals surface area contributed by atoms with Crippen LogP contribution in [0.5, 0.6) is 0 Å². The fourth-order valence-corrected chi connectivity index (χ4v) is 2.13. The molecule has 0 spiro atoms. The van der Waals surface area contributed by atoms with Gasteiger partial charge >= 0.3 is 5.97 Å². The fourth-order valence-electron chi connectivity index (χ4n) is 1.46. The van der Waals surface area contributed by atoms with Gasteiger partial charge in [-0.25, -0.2) is 13.2 Å². The lowest BCUT2D eigenvalue weighted by Crippen LogP contribution is -2.06. The van der Waals surface area contributed by atoms with Crippen molar-refractivity contribution < 1.29 is 18.3 Å². The van der Waals surface area contributed by atoms with Crippen LogP contribution in [0, 0.1) is 0 Å². The molecule has 2 aromatic heterocycles. The minimum absolute atomic E-state index is 0.0141. The smallest absolute Gasteiger partial charge is 0.339 e. The highest BCUT2D eigenvalue weighted by molar-refractivity contribution is 7.89. The molecule has 0 aliphatic rings. The van der Waals surface area contributed by atoms with E-state index in [9.17, 15) is 13.2 Å². The van der Waals surface area contributed by atoms with Crippen LogP contribution in [-0.4, -0.2) is 40.3 Å². The number of pyridine rings is 1. The Bertz CT molecular complexity index is 689. The summed E-state index contributed by atoms with van der Waals surface area (Å²) in [5.74, 6) is -1.21. The molecular weight excluding hydrogens is 246 g/mol. The molecule has 2 heterocycles. The van der Waals surface area contributed by atoms with Crippen LogP contribution in [0.15, 0.2) is 18.3 Å².